The van der Waals surface area contributed by atoms with Crippen LogP contribution < -0.4 is 0 Å². The fraction of sp³-hybridized carbons (Fsp3) is 0. The van der Waals surface area contributed by atoms with E-state index in [0.717, 1.165) is 143 Å². The summed E-state index contributed by atoms with van der Waals surface area (Å²) < 4.78 is 26.8. The first kappa shape index (κ1) is 49.3. The van der Waals surface area contributed by atoms with Crippen molar-refractivity contribution in [2.24, 2.45) is 0 Å². The van der Waals surface area contributed by atoms with E-state index in [1.807, 2.05) is 146 Å². The van der Waals surface area contributed by atoms with E-state index in [0.29, 0.717) is 46.1 Å². The Morgan fingerprint density at radius 2 is 0.568 bits per heavy atom. The van der Waals surface area contributed by atoms with Crippen molar-refractivity contribution in [3.8, 4) is 102 Å². The Kier molecular flexibility index (Phi) is 11.1. The van der Waals surface area contributed by atoms with Crippen molar-refractivity contribution < 1.29 is 17.7 Å². The van der Waals surface area contributed by atoms with Gasteiger partial charge in [-0.05, 0) is 100 Å². The lowest BCUT2D eigenvalue weighted by Gasteiger charge is -2.09. The van der Waals surface area contributed by atoms with Crippen LogP contribution in [0.4, 0.5) is 0 Å². The fourth-order valence-corrected chi connectivity index (χ4v) is 12.7. The van der Waals surface area contributed by atoms with E-state index in [2.05, 4.69) is 121 Å². The number of fused-ring (bicyclic) bond motifs is 12. The highest BCUT2D eigenvalue weighted by Gasteiger charge is 2.24. The van der Waals surface area contributed by atoms with Gasteiger partial charge in [0.15, 0.2) is 34.9 Å². The second-order valence-corrected chi connectivity index (χ2v) is 22.0. The van der Waals surface area contributed by atoms with Crippen molar-refractivity contribution in [2.75, 3.05) is 0 Å². The zero-order chi connectivity index (χ0) is 57.8. The first-order valence-electron chi connectivity index (χ1n) is 29.1. The Hall–Kier alpha value is -12.1. The third-order valence-electron chi connectivity index (χ3n) is 16.8. The minimum Gasteiger partial charge on any atom is -0.456 e. The summed E-state index contributed by atoms with van der Waals surface area (Å²) in [6.07, 6.45) is 0. The lowest BCUT2D eigenvalue weighted by atomic mass is 9.95. The molecule has 0 spiro atoms. The van der Waals surface area contributed by atoms with Gasteiger partial charge in [-0.3, -0.25) is 0 Å². The fourth-order valence-electron chi connectivity index (χ4n) is 12.7. The highest BCUT2D eigenvalue weighted by Crippen LogP contribution is 2.45. The van der Waals surface area contributed by atoms with Gasteiger partial charge in [0.05, 0.1) is 16.7 Å². The van der Waals surface area contributed by atoms with Crippen LogP contribution in [-0.2, 0) is 0 Å². The minimum atomic E-state index is 0.492. The molecule has 0 saturated carbocycles. The molecule has 0 aliphatic heterocycles. The molecule has 0 fully saturated rings. The molecule has 0 saturated heterocycles. The quantitative estimate of drug-likeness (QED) is 0.138. The molecular formula is C78H44N6O4. The number of hydrogen-bond acceptors (Lipinski definition) is 10. The standard InChI is InChI=1S/C78H44N6O4/c1-4-18-45(19-5-1)52-27-16-36-65-68(52)57-30-14-33-60(71(57)87-65)76-80-73(46-20-6-2-7-21-46)79-75(83-76)51-38-40-55-62-43-49(39-41-64(62)85-67(55)44-51)48-24-12-25-50(42-48)53-28-17-37-66-69(53)58-31-15-34-61(72(58)88-66)78-82-74(47-22-8-3-9-23-47)81-77(84-78)59-32-13-29-56-54-26-10-11-35-63(54)86-70(56)59/h1-44H. The summed E-state index contributed by atoms with van der Waals surface area (Å²) in [4.78, 5) is 30.9. The smallest absolute Gasteiger partial charge is 0.167 e. The van der Waals surface area contributed by atoms with E-state index in [4.69, 9.17) is 47.6 Å². The van der Waals surface area contributed by atoms with Gasteiger partial charge in [0.2, 0.25) is 0 Å². The van der Waals surface area contributed by atoms with Gasteiger partial charge >= 0.3 is 0 Å². The van der Waals surface area contributed by atoms with E-state index in [1.54, 1.807) is 0 Å². The lowest BCUT2D eigenvalue weighted by Crippen LogP contribution is -2.00. The van der Waals surface area contributed by atoms with E-state index in [1.165, 1.54) is 0 Å². The van der Waals surface area contributed by atoms with Crippen LogP contribution in [0.5, 0.6) is 0 Å². The van der Waals surface area contributed by atoms with Crippen LogP contribution in [0.15, 0.2) is 285 Å². The first-order valence-corrected chi connectivity index (χ1v) is 29.1. The zero-order valence-corrected chi connectivity index (χ0v) is 46.7. The monoisotopic (exact) mass is 1130 g/mol. The van der Waals surface area contributed by atoms with Crippen molar-refractivity contribution >= 4 is 87.8 Å². The third-order valence-corrected chi connectivity index (χ3v) is 16.8. The third kappa shape index (κ3) is 8.04. The molecule has 18 aromatic rings. The summed E-state index contributed by atoms with van der Waals surface area (Å²) in [5.41, 5.74) is 17.2. The zero-order valence-electron chi connectivity index (χ0n) is 46.7. The first-order chi connectivity index (χ1) is 43.6. The van der Waals surface area contributed by atoms with Crippen LogP contribution in [0.1, 0.15) is 0 Å². The van der Waals surface area contributed by atoms with Crippen LogP contribution in [-0.4, -0.2) is 29.9 Å². The molecule has 0 unspecified atom stereocenters. The van der Waals surface area contributed by atoms with Crippen molar-refractivity contribution in [2.45, 2.75) is 0 Å². The van der Waals surface area contributed by atoms with Crippen molar-refractivity contribution in [3.05, 3.63) is 267 Å². The van der Waals surface area contributed by atoms with Crippen molar-refractivity contribution in [1.29, 1.82) is 0 Å². The number of furan rings is 4. The van der Waals surface area contributed by atoms with E-state index in [9.17, 15) is 0 Å². The predicted octanol–water partition coefficient (Wildman–Crippen LogP) is 20.7. The number of para-hydroxylation sites is 4. The molecule has 12 aromatic carbocycles. The lowest BCUT2D eigenvalue weighted by molar-refractivity contribution is 0.668. The SMILES string of the molecule is c1ccc(-c2nc(-c3ccc4c(c3)oc3ccc(-c5cccc(-c6cccc7oc8c(-c9nc(-c%10ccccc%10)nc(-c%10cccc%11c%10oc%10ccccc%10%11)n9)cccc8c67)c5)cc34)nc(-c3cccc4c3oc3cccc(-c5ccccc5)c34)n2)cc1. The molecule has 18 rings (SSSR count). The van der Waals surface area contributed by atoms with Gasteiger partial charge in [-0.1, -0.05) is 200 Å². The Morgan fingerprint density at radius 3 is 1.19 bits per heavy atom. The van der Waals surface area contributed by atoms with Gasteiger partial charge in [0.1, 0.15) is 44.7 Å². The maximum absolute atomic E-state index is 6.88. The van der Waals surface area contributed by atoms with Gasteiger partial charge in [0, 0.05) is 59.8 Å². The number of aromatic nitrogens is 6. The summed E-state index contributed by atoms with van der Waals surface area (Å²) in [7, 11) is 0. The Bertz CT molecular complexity index is 5830. The largest absolute Gasteiger partial charge is 0.456 e. The molecular weight excluding hydrogens is 1080 g/mol. The average molecular weight is 1130 g/mol. The van der Waals surface area contributed by atoms with Crippen LogP contribution in [0, 0.1) is 0 Å². The molecule has 6 aromatic heterocycles. The van der Waals surface area contributed by atoms with Gasteiger partial charge in [-0.25, -0.2) is 29.9 Å². The molecule has 0 N–H and O–H groups in total. The Labute approximate surface area is 501 Å². The van der Waals surface area contributed by atoms with Crippen LogP contribution in [0.3, 0.4) is 0 Å². The number of benzene rings is 12. The average Bonchev–Trinajstić information content (AvgIpc) is 1.76. The van der Waals surface area contributed by atoms with Gasteiger partial charge in [-0.2, -0.15) is 0 Å². The highest BCUT2D eigenvalue weighted by molar-refractivity contribution is 6.17. The summed E-state index contributed by atoms with van der Waals surface area (Å²) in [5, 5.41) is 8.00. The van der Waals surface area contributed by atoms with E-state index in [-0.39, 0.29) is 0 Å². The number of rotatable bonds is 9. The molecule has 0 radical (unpaired) electrons. The number of nitrogens with zero attached hydrogens (tertiary/aromatic N) is 6. The Balaban J connectivity index is 0.709. The van der Waals surface area contributed by atoms with Gasteiger partial charge in [-0.15, -0.1) is 0 Å². The molecule has 0 amide bonds. The highest BCUT2D eigenvalue weighted by atomic mass is 16.3. The molecule has 0 aliphatic carbocycles. The predicted molar refractivity (Wildman–Crippen MR) is 351 cm³/mol. The minimum absolute atomic E-state index is 0.492. The van der Waals surface area contributed by atoms with Crippen molar-refractivity contribution in [3.63, 3.8) is 0 Å². The van der Waals surface area contributed by atoms with Gasteiger partial charge < -0.3 is 17.7 Å². The van der Waals surface area contributed by atoms with Crippen LogP contribution >= 0.6 is 0 Å². The van der Waals surface area contributed by atoms with Gasteiger partial charge in [0.25, 0.3) is 0 Å². The molecule has 6 heterocycles. The van der Waals surface area contributed by atoms with E-state index >= 15 is 0 Å². The second-order valence-electron chi connectivity index (χ2n) is 22.0. The summed E-state index contributed by atoms with van der Waals surface area (Å²) in [6, 6.07) is 90.7. The molecule has 88 heavy (non-hydrogen) atoms. The second kappa shape index (κ2) is 19.7. The maximum atomic E-state index is 6.88. The Morgan fingerprint density at radius 1 is 0.182 bits per heavy atom. The number of hydrogen-bond donors (Lipinski definition) is 0. The summed E-state index contributed by atoms with van der Waals surface area (Å²) in [6.45, 7) is 0. The normalized spacial score (nSPS) is 11.9. The van der Waals surface area contributed by atoms with Crippen molar-refractivity contribution in [1.82, 2.24) is 29.9 Å². The van der Waals surface area contributed by atoms with Crippen LogP contribution in [0.25, 0.3) is 189 Å². The molecule has 410 valence electrons. The summed E-state index contributed by atoms with van der Waals surface area (Å²) in [5.74, 6) is 3.12. The maximum Gasteiger partial charge on any atom is 0.167 e. The van der Waals surface area contributed by atoms with Crippen LogP contribution in [0.2, 0.25) is 0 Å². The molecule has 0 bridgehead atoms. The summed E-state index contributed by atoms with van der Waals surface area (Å²) >= 11 is 0. The van der Waals surface area contributed by atoms with E-state index < -0.39 is 0 Å². The molecule has 0 aliphatic rings. The molecule has 10 nitrogen and oxygen atoms in total. The molecule has 10 heteroatoms. The topological polar surface area (TPSA) is 130 Å². The molecule has 0 atom stereocenters.